The lowest BCUT2D eigenvalue weighted by molar-refractivity contribution is 0.306. The molecule has 1 unspecified atom stereocenters. The Kier molecular flexibility index (Phi) is 6.13. The summed E-state index contributed by atoms with van der Waals surface area (Å²) in [5.74, 6) is 0.715. The van der Waals surface area contributed by atoms with Crippen LogP contribution in [0.15, 0.2) is 94.4 Å². The van der Waals surface area contributed by atoms with Crippen molar-refractivity contribution in [1.29, 1.82) is 0 Å². The minimum Gasteiger partial charge on any atom is -0.507 e. The second kappa shape index (κ2) is 9.30. The zero-order valence-electron chi connectivity index (χ0n) is 17.2. The lowest BCUT2D eigenvalue weighted by Crippen LogP contribution is -2.14. The topological polar surface area (TPSA) is 72.6 Å². The zero-order chi connectivity index (χ0) is 21.6. The lowest BCUT2D eigenvalue weighted by atomic mass is 9.89. The quantitative estimate of drug-likeness (QED) is 0.431. The monoisotopic (exact) mass is 413 g/mol. The highest BCUT2D eigenvalue weighted by atomic mass is 16.5. The Bertz CT molecular complexity index is 1190. The van der Waals surface area contributed by atoms with Crippen LogP contribution in [0.2, 0.25) is 0 Å². The van der Waals surface area contributed by atoms with E-state index in [4.69, 9.17) is 9.15 Å². The molecule has 1 atom stereocenters. The largest absolute Gasteiger partial charge is 0.507 e. The summed E-state index contributed by atoms with van der Waals surface area (Å²) in [7, 11) is 0. The molecule has 5 nitrogen and oxygen atoms in total. The van der Waals surface area contributed by atoms with Crippen LogP contribution in [0.5, 0.6) is 11.5 Å². The highest BCUT2D eigenvalue weighted by molar-refractivity contribution is 5.60. The molecule has 0 radical (unpaired) electrons. The van der Waals surface area contributed by atoms with Gasteiger partial charge in [0.05, 0.1) is 5.56 Å². The van der Waals surface area contributed by atoms with Crippen molar-refractivity contribution in [3.05, 3.63) is 112 Å². The standard InChI is InChI=1S/C26H23NO4/c1-2-22(19-8-4-3-5-9-19)25-23(28)15-24(31-26(25)29)20-10-12-21(13-11-20)30-17-18-7-6-14-27-16-18/h3-16,22,28H,2,17H2,1H3. The van der Waals surface area contributed by atoms with Crippen molar-refractivity contribution < 1.29 is 14.3 Å². The first kappa shape index (κ1) is 20.4. The van der Waals surface area contributed by atoms with Gasteiger partial charge >= 0.3 is 5.63 Å². The SMILES string of the molecule is CCC(c1ccccc1)c1c(O)cc(-c2ccc(OCc3cccnc3)cc2)oc1=O. The van der Waals surface area contributed by atoms with Crippen LogP contribution >= 0.6 is 0 Å². The summed E-state index contributed by atoms with van der Waals surface area (Å²) in [5.41, 5.74) is 2.38. The molecule has 4 rings (SSSR count). The van der Waals surface area contributed by atoms with Crippen LogP contribution in [0.3, 0.4) is 0 Å². The Balaban J connectivity index is 1.56. The van der Waals surface area contributed by atoms with Gasteiger partial charge in [-0.2, -0.15) is 0 Å². The molecule has 0 aliphatic heterocycles. The molecule has 4 aromatic rings. The average Bonchev–Trinajstić information content (AvgIpc) is 2.81. The molecular weight excluding hydrogens is 390 g/mol. The van der Waals surface area contributed by atoms with E-state index in [1.165, 1.54) is 6.07 Å². The maximum Gasteiger partial charge on any atom is 0.343 e. The normalized spacial score (nSPS) is 11.8. The molecular formula is C26H23NO4. The van der Waals surface area contributed by atoms with Crippen molar-refractivity contribution in [3.63, 3.8) is 0 Å². The van der Waals surface area contributed by atoms with Gasteiger partial charge in [0.1, 0.15) is 23.9 Å². The summed E-state index contributed by atoms with van der Waals surface area (Å²) >= 11 is 0. The van der Waals surface area contributed by atoms with Gasteiger partial charge in [-0.1, -0.05) is 43.3 Å². The summed E-state index contributed by atoms with van der Waals surface area (Å²) in [6.45, 7) is 2.39. The number of aromatic hydroxyl groups is 1. The van der Waals surface area contributed by atoms with E-state index in [1.807, 2.05) is 49.4 Å². The van der Waals surface area contributed by atoms with Crippen molar-refractivity contribution in [2.75, 3.05) is 0 Å². The third-order valence-electron chi connectivity index (χ3n) is 5.19. The highest BCUT2D eigenvalue weighted by Gasteiger charge is 2.22. The fraction of sp³-hybridized carbons (Fsp3) is 0.154. The van der Waals surface area contributed by atoms with Crippen LogP contribution in [0.25, 0.3) is 11.3 Å². The van der Waals surface area contributed by atoms with Gasteiger partial charge in [-0.05, 0) is 42.3 Å². The number of rotatable bonds is 7. The number of hydrogen-bond donors (Lipinski definition) is 1. The van der Waals surface area contributed by atoms with Gasteiger partial charge in [-0.25, -0.2) is 4.79 Å². The van der Waals surface area contributed by atoms with Gasteiger partial charge in [0.25, 0.3) is 0 Å². The number of pyridine rings is 1. The van der Waals surface area contributed by atoms with Crippen molar-refractivity contribution in [3.8, 4) is 22.8 Å². The Labute approximate surface area is 180 Å². The molecule has 2 aromatic carbocycles. The van der Waals surface area contributed by atoms with Crippen molar-refractivity contribution in [2.24, 2.45) is 0 Å². The average molecular weight is 413 g/mol. The number of hydrogen-bond acceptors (Lipinski definition) is 5. The Hall–Kier alpha value is -3.86. The third kappa shape index (κ3) is 4.67. The fourth-order valence-electron chi connectivity index (χ4n) is 3.61. The first-order valence-corrected chi connectivity index (χ1v) is 10.2. The molecule has 0 spiro atoms. The van der Waals surface area contributed by atoms with E-state index in [9.17, 15) is 9.90 Å². The molecule has 0 saturated heterocycles. The molecule has 0 fully saturated rings. The molecule has 156 valence electrons. The zero-order valence-corrected chi connectivity index (χ0v) is 17.2. The summed E-state index contributed by atoms with van der Waals surface area (Å²) in [6, 6.07) is 22.2. The van der Waals surface area contributed by atoms with Crippen molar-refractivity contribution in [2.45, 2.75) is 25.9 Å². The predicted octanol–water partition coefficient (Wildman–Crippen LogP) is 5.53. The molecule has 0 bridgehead atoms. The van der Waals surface area contributed by atoms with Gasteiger partial charge < -0.3 is 14.3 Å². The van der Waals surface area contributed by atoms with Gasteiger partial charge in [-0.15, -0.1) is 0 Å². The van der Waals surface area contributed by atoms with Gasteiger partial charge in [-0.3, -0.25) is 4.98 Å². The first-order valence-electron chi connectivity index (χ1n) is 10.2. The number of ether oxygens (including phenoxy) is 1. The molecule has 5 heteroatoms. The van der Waals surface area contributed by atoms with Crippen LogP contribution in [-0.4, -0.2) is 10.1 Å². The van der Waals surface area contributed by atoms with E-state index in [-0.39, 0.29) is 17.2 Å². The minimum atomic E-state index is -0.525. The van der Waals surface area contributed by atoms with Crippen LogP contribution < -0.4 is 10.4 Å². The number of aromatic nitrogens is 1. The Morgan fingerprint density at radius 1 is 1.03 bits per heavy atom. The van der Waals surface area contributed by atoms with Gasteiger partial charge in [0.15, 0.2) is 0 Å². The molecule has 0 saturated carbocycles. The van der Waals surface area contributed by atoms with E-state index < -0.39 is 5.63 Å². The third-order valence-corrected chi connectivity index (χ3v) is 5.19. The van der Waals surface area contributed by atoms with E-state index in [1.54, 1.807) is 36.7 Å². The lowest BCUT2D eigenvalue weighted by Gasteiger charge is -2.16. The second-order valence-corrected chi connectivity index (χ2v) is 7.24. The van der Waals surface area contributed by atoms with Crippen molar-refractivity contribution >= 4 is 0 Å². The molecule has 2 heterocycles. The fourth-order valence-corrected chi connectivity index (χ4v) is 3.61. The number of nitrogens with zero attached hydrogens (tertiary/aromatic N) is 1. The van der Waals surface area contributed by atoms with Crippen LogP contribution in [0, 0.1) is 0 Å². The summed E-state index contributed by atoms with van der Waals surface area (Å²) in [6.07, 6.45) is 4.15. The van der Waals surface area contributed by atoms with E-state index in [0.29, 0.717) is 30.1 Å². The summed E-state index contributed by atoms with van der Waals surface area (Å²) in [5, 5.41) is 10.7. The predicted molar refractivity (Wildman–Crippen MR) is 119 cm³/mol. The van der Waals surface area contributed by atoms with Crippen LogP contribution in [0.4, 0.5) is 0 Å². The molecule has 0 aliphatic rings. The van der Waals surface area contributed by atoms with Gasteiger partial charge in [0.2, 0.25) is 0 Å². The second-order valence-electron chi connectivity index (χ2n) is 7.24. The molecule has 1 N–H and O–H groups in total. The van der Waals surface area contributed by atoms with Crippen LogP contribution in [-0.2, 0) is 6.61 Å². The van der Waals surface area contributed by atoms with Crippen LogP contribution in [0.1, 0.15) is 36.0 Å². The maximum atomic E-state index is 12.8. The molecule has 0 aliphatic carbocycles. The van der Waals surface area contributed by atoms with E-state index in [2.05, 4.69) is 4.98 Å². The number of benzene rings is 2. The van der Waals surface area contributed by atoms with Crippen molar-refractivity contribution in [1.82, 2.24) is 4.98 Å². The van der Waals surface area contributed by atoms with Gasteiger partial charge in [0, 0.05) is 35.5 Å². The first-order chi connectivity index (χ1) is 15.2. The molecule has 2 aromatic heterocycles. The highest BCUT2D eigenvalue weighted by Crippen LogP contribution is 2.34. The molecule has 0 amide bonds. The Morgan fingerprint density at radius 2 is 1.81 bits per heavy atom. The summed E-state index contributed by atoms with van der Waals surface area (Å²) in [4.78, 5) is 16.8. The Morgan fingerprint density at radius 3 is 2.45 bits per heavy atom. The maximum absolute atomic E-state index is 12.8. The van der Waals surface area contributed by atoms with E-state index in [0.717, 1.165) is 11.1 Å². The molecule has 31 heavy (non-hydrogen) atoms. The smallest absolute Gasteiger partial charge is 0.343 e. The van der Waals surface area contributed by atoms with E-state index >= 15 is 0 Å². The minimum absolute atomic E-state index is 0.0566. The summed E-state index contributed by atoms with van der Waals surface area (Å²) < 4.78 is 11.3.